The number of nitrogens with two attached hydrogens (primary N) is 1. The normalized spacial score (nSPS) is 6.25. The summed E-state index contributed by atoms with van der Waals surface area (Å²) in [6, 6.07) is 0. The maximum absolute atomic E-state index is 9.32. The van der Waals surface area contributed by atoms with Crippen molar-refractivity contribution in [2.75, 3.05) is 0 Å². The van der Waals surface area contributed by atoms with Crippen molar-refractivity contribution in [1.82, 2.24) is 0 Å². The predicted octanol–water partition coefficient (Wildman–Crippen LogP) is -0.418. The van der Waals surface area contributed by atoms with Gasteiger partial charge < -0.3 is 10.8 Å². The van der Waals surface area contributed by atoms with Crippen molar-refractivity contribution in [3.63, 3.8) is 0 Å². The van der Waals surface area contributed by atoms with E-state index in [9.17, 15) is 9.59 Å². The fourth-order valence-corrected chi connectivity index (χ4v) is 0. The van der Waals surface area contributed by atoms with Gasteiger partial charge in [-0.05, 0) is 0 Å². The first-order valence-corrected chi connectivity index (χ1v) is 2.17. The molecule has 0 rings (SSSR count). The molecule has 4 nitrogen and oxygen atoms in total. The van der Waals surface area contributed by atoms with Crippen LogP contribution in [0.25, 0.3) is 0 Å². The van der Waals surface area contributed by atoms with Gasteiger partial charge in [-0.2, -0.15) is 0 Å². The molecule has 48 valence electrons. The van der Waals surface area contributed by atoms with Crippen molar-refractivity contribution in [2.24, 2.45) is 5.73 Å². The Morgan fingerprint density at radius 3 is 1.50 bits per heavy atom. The van der Waals surface area contributed by atoms with Gasteiger partial charge >= 0.3 is 11.9 Å². The molecule has 0 aromatic carbocycles. The molecule has 3 N–H and O–H groups in total. The van der Waals surface area contributed by atoms with Crippen molar-refractivity contribution in [3.05, 3.63) is 0 Å². The van der Waals surface area contributed by atoms with Gasteiger partial charge in [0.1, 0.15) is 0 Å². The molecule has 0 atom stereocenters. The van der Waals surface area contributed by atoms with Gasteiger partial charge in [-0.1, -0.05) is 13.8 Å². The van der Waals surface area contributed by atoms with E-state index in [-0.39, 0.29) is 0 Å². The molecule has 0 spiro atoms. The summed E-state index contributed by atoms with van der Waals surface area (Å²) in [7, 11) is 0. The average molecular weight is 119 g/mol. The Balaban J connectivity index is 0. The number of carboxylic acids is 1. The predicted molar refractivity (Wildman–Crippen MR) is 28.2 cm³/mol. The van der Waals surface area contributed by atoms with E-state index in [1.54, 1.807) is 0 Å². The maximum Gasteiger partial charge on any atom is 0.394 e. The molecule has 0 saturated heterocycles. The lowest BCUT2D eigenvalue weighted by Crippen LogP contribution is -2.21. The third-order valence-corrected chi connectivity index (χ3v) is 0.211. The molecule has 8 heavy (non-hydrogen) atoms. The molecule has 0 aromatic heterocycles. The second-order valence-electron chi connectivity index (χ2n) is 0.669. The number of primary amides is 1. The Hall–Kier alpha value is -1.06. The zero-order valence-electron chi connectivity index (χ0n) is 4.84. The van der Waals surface area contributed by atoms with Crippen LogP contribution in [0.5, 0.6) is 0 Å². The van der Waals surface area contributed by atoms with Crippen LogP contribution in [0.4, 0.5) is 0 Å². The monoisotopic (exact) mass is 119 g/mol. The zero-order valence-corrected chi connectivity index (χ0v) is 4.84. The van der Waals surface area contributed by atoms with Crippen LogP contribution in [0.1, 0.15) is 13.8 Å². The van der Waals surface area contributed by atoms with Crippen LogP contribution in [0.3, 0.4) is 0 Å². The van der Waals surface area contributed by atoms with E-state index in [1.807, 2.05) is 13.8 Å². The summed E-state index contributed by atoms with van der Waals surface area (Å²) >= 11 is 0. The third kappa shape index (κ3) is 8.87. The lowest BCUT2D eigenvalue weighted by molar-refractivity contribution is -0.148. The Morgan fingerprint density at radius 2 is 1.50 bits per heavy atom. The van der Waals surface area contributed by atoms with Crippen LogP contribution in [0, 0.1) is 0 Å². The summed E-state index contributed by atoms with van der Waals surface area (Å²) in [6.45, 7) is 4.00. The fourth-order valence-electron chi connectivity index (χ4n) is 0. The van der Waals surface area contributed by atoms with Crippen molar-refractivity contribution in [2.45, 2.75) is 13.8 Å². The highest BCUT2D eigenvalue weighted by Gasteiger charge is 2.00. The van der Waals surface area contributed by atoms with Crippen molar-refractivity contribution >= 4 is 11.9 Å². The first kappa shape index (κ1) is 10.0. The highest BCUT2D eigenvalue weighted by molar-refractivity contribution is 6.30. The molecule has 4 heteroatoms. The summed E-state index contributed by atoms with van der Waals surface area (Å²) < 4.78 is 0. The molecule has 0 saturated carbocycles. The molecule has 0 unspecified atom stereocenters. The molecular weight excluding hydrogens is 110 g/mol. The highest BCUT2D eigenvalue weighted by atomic mass is 16.4. The summed E-state index contributed by atoms with van der Waals surface area (Å²) in [5.74, 6) is -2.93. The van der Waals surface area contributed by atoms with E-state index >= 15 is 0 Å². The molecule has 0 aliphatic heterocycles. The standard InChI is InChI=1S/C2H3NO3.C2H6/c3-1(4)2(5)6;1-2/h(H2,3,4)(H,5,6);1-2H3. The number of carbonyl (C=O) groups excluding carboxylic acids is 1. The number of amides is 1. The van der Waals surface area contributed by atoms with Crippen LogP contribution >= 0.6 is 0 Å². The van der Waals surface area contributed by atoms with Gasteiger partial charge in [0.25, 0.3) is 0 Å². The van der Waals surface area contributed by atoms with Gasteiger partial charge in [0.15, 0.2) is 0 Å². The molecule has 0 aliphatic rings. The molecular formula is C4H9NO3. The molecule has 0 heterocycles. The van der Waals surface area contributed by atoms with E-state index in [0.717, 1.165) is 0 Å². The van der Waals surface area contributed by atoms with E-state index in [2.05, 4.69) is 5.73 Å². The summed E-state index contributed by atoms with van der Waals surface area (Å²) in [4.78, 5) is 18.5. The van der Waals surface area contributed by atoms with Crippen LogP contribution < -0.4 is 5.73 Å². The first-order chi connectivity index (χ1) is 3.64. The van der Waals surface area contributed by atoms with Gasteiger partial charge in [-0.25, -0.2) is 4.79 Å². The smallest absolute Gasteiger partial charge is 0.394 e. The van der Waals surface area contributed by atoms with Crippen LogP contribution in [-0.2, 0) is 9.59 Å². The SMILES string of the molecule is CC.NC(=O)C(=O)O. The van der Waals surface area contributed by atoms with Crippen LogP contribution in [0.2, 0.25) is 0 Å². The Labute approximate surface area is 47.3 Å². The summed E-state index contributed by atoms with van der Waals surface area (Å²) in [5.41, 5.74) is 4.20. The molecule has 0 aliphatic carbocycles. The van der Waals surface area contributed by atoms with Gasteiger partial charge in [0.05, 0.1) is 0 Å². The summed E-state index contributed by atoms with van der Waals surface area (Å²) in [5, 5.41) is 7.52. The Bertz CT molecular complexity index is 77.3. The van der Waals surface area contributed by atoms with E-state index in [0.29, 0.717) is 0 Å². The number of hydrogen-bond donors (Lipinski definition) is 2. The topological polar surface area (TPSA) is 80.4 Å². The minimum absolute atomic E-state index is 1.32. The highest BCUT2D eigenvalue weighted by Crippen LogP contribution is 1.51. The van der Waals surface area contributed by atoms with Crippen LogP contribution in [-0.4, -0.2) is 17.0 Å². The van der Waals surface area contributed by atoms with Gasteiger partial charge in [-0.15, -0.1) is 0 Å². The molecule has 1 amide bonds. The minimum atomic E-state index is -1.60. The summed E-state index contributed by atoms with van der Waals surface area (Å²) in [6.07, 6.45) is 0. The van der Waals surface area contributed by atoms with Gasteiger partial charge in [0, 0.05) is 0 Å². The third-order valence-electron chi connectivity index (χ3n) is 0.211. The quantitative estimate of drug-likeness (QED) is 0.425. The van der Waals surface area contributed by atoms with E-state index in [1.165, 1.54) is 0 Å². The number of aliphatic carboxylic acids is 1. The average Bonchev–Trinajstić information content (AvgIpc) is 1.72. The molecule has 0 bridgehead atoms. The van der Waals surface area contributed by atoms with Gasteiger partial charge in [-0.3, -0.25) is 4.79 Å². The van der Waals surface area contributed by atoms with Crippen LogP contribution in [0.15, 0.2) is 0 Å². The number of hydrogen-bond acceptors (Lipinski definition) is 2. The zero-order chi connectivity index (χ0) is 7.15. The second kappa shape index (κ2) is 5.94. The largest absolute Gasteiger partial charge is 0.474 e. The van der Waals surface area contributed by atoms with Crippen molar-refractivity contribution < 1.29 is 14.7 Å². The first-order valence-electron chi connectivity index (χ1n) is 2.17. The molecule has 0 fully saturated rings. The lowest BCUT2D eigenvalue weighted by Gasteiger charge is -1.74. The fraction of sp³-hybridized carbons (Fsp3) is 0.500. The number of carboxylic acid groups (broad SMARTS) is 1. The number of carbonyl (C=O) groups is 2. The number of rotatable bonds is 0. The maximum atomic E-state index is 9.32. The molecule has 0 aromatic rings. The Kier molecular flexibility index (Phi) is 7.45. The Morgan fingerprint density at radius 1 is 1.38 bits per heavy atom. The van der Waals surface area contributed by atoms with E-state index < -0.39 is 11.9 Å². The van der Waals surface area contributed by atoms with Gasteiger partial charge in [0.2, 0.25) is 0 Å². The van der Waals surface area contributed by atoms with E-state index in [4.69, 9.17) is 5.11 Å². The minimum Gasteiger partial charge on any atom is -0.474 e. The second-order valence-corrected chi connectivity index (χ2v) is 0.669. The van der Waals surface area contributed by atoms with Crippen molar-refractivity contribution in [3.8, 4) is 0 Å². The molecule has 0 radical (unpaired) electrons. The lowest BCUT2D eigenvalue weighted by atomic mass is 10.7. The van der Waals surface area contributed by atoms with Crippen molar-refractivity contribution in [1.29, 1.82) is 0 Å².